The molecule has 1 aromatic rings. The summed E-state index contributed by atoms with van der Waals surface area (Å²) < 4.78 is 13.8. The Labute approximate surface area is 112 Å². The van der Waals surface area contributed by atoms with Gasteiger partial charge in [0.05, 0.1) is 10.0 Å². The van der Waals surface area contributed by atoms with Gasteiger partial charge in [-0.2, -0.15) is 0 Å². The van der Waals surface area contributed by atoms with Crippen LogP contribution >= 0.6 is 15.9 Å². The van der Waals surface area contributed by atoms with Crippen molar-refractivity contribution in [2.45, 2.75) is 12.8 Å². The fourth-order valence-corrected chi connectivity index (χ4v) is 1.69. The van der Waals surface area contributed by atoms with E-state index in [1.54, 1.807) is 6.07 Å². The molecule has 7 heteroatoms. The zero-order valence-corrected chi connectivity index (χ0v) is 11.2. The van der Waals surface area contributed by atoms with E-state index in [-0.39, 0.29) is 10.0 Å². The lowest BCUT2D eigenvalue weighted by atomic mass is 10.2. The lowest BCUT2D eigenvalue weighted by Crippen LogP contribution is -2.25. The molecule has 1 aromatic carbocycles. The van der Waals surface area contributed by atoms with E-state index in [1.165, 1.54) is 12.1 Å². The molecule has 0 aromatic heterocycles. The van der Waals surface area contributed by atoms with E-state index in [0.717, 1.165) is 0 Å². The maximum absolute atomic E-state index is 13.6. The van der Waals surface area contributed by atoms with E-state index >= 15 is 0 Å². The van der Waals surface area contributed by atoms with Gasteiger partial charge in [0, 0.05) is 18.0 Å². The molecular formula is C11H12BrFN4O. The van der Waals surface area contributed by atoms with Crippen LogP contribution in [0, 0.1) is 5.82 Å². The monoisotopic (exact) mass is 314 g/mol. The summed E-state index contributed by atoms with van der Waals surface area (Å²) in [4.78, 5) is 14.3. The van der Waals surface area contributed by atoms with Gasteiger partial charge in [-0.15, -0.1) is 0 Å². The Kier molecular flexibility index (Phi) is 6.18. The normalized spacial score (nSPS) is 9.67. The number of unbranched alkanes of at least 4 members (excludes halogenated alkanes) is 1. The molecule has 0 fully saturated rings. The van der Waals surface area contributed by atoms with Crippen molar-refractivity contribution >= 4 is 21.8 Å². The molecule has 0 aliphatic heterocycles. The summed E-state index contributed by atoms with van der Waals surface area (Å²) in [5, 5.41) is 5.98. The van der Waals surface area contributed by atoms with Gasteiger partial charge < -0.3 is 5.32 Å². The van der Waals surface area contributed by atoms with Crippen molar-refractivity contribution < 1.29 is 9.18 Å². The van der Waals surface area contributed by atoms with Crippen molar-refractivity contribution in [3.63, 3.8) is 0 Å². The summed E-state index contributed by atoms with van der Waals surface area (Å²) in [5.41, 5.74) is 8.07. The number of nitrogens with zero attached hydrogens (tertiary/aromatic N) is 3. The summed E-state index contributed by atoms with van der Waals surface area (Å²) in [6.45, 7) is 0.823. The lowest BCUT2D eigenvalue weighted by Gasteiger charge is -2.06. The predicted molar refractivity (Wildman–Crippen MR) is 69.7 cm³/mol. The average molecular weight is 315 g/mol. The van der Waals surface area contributed by atoms with E-state index < -0.39 is 11.7 Å². The molecule has 1 rings (SSSR count). The fourth-order valence-electron chi connectivity index (χ4n) is 1.33. The van der Waals surface area contributed by atoms with Crippen LogP contribution in [0.5, 0.6) is 0 Å². The summed E-state index contributed by atoms with van der Waals surface area (Å²) in [7, 11) is 0. The van der Waals surface area contributed by atoms with E-state index in [9.17, 15) is 9.18 Å². The molecule has 0 aliphatic rings. The summed E-state index contributed by atoms with van der Waals surface area (Å²) in [6.07, 6.45) is 1.37. The second-order valence-electron chi connectivity index (χ2n) is 3.52. The van der Waals surface area contributed by atoms with Crippen LogP contribution in [0.2, 0.25) is 0 Å². The highest BCUT2D eigenvalue weighted by Crippen LogP contribution is 2.18. The third-order valence-corrected chi connectivity index (χ3v) is 2.84. The number of hydrogen-bond donors (Lipinski definition) is 1. The smallest absolute Gasteiger partial charge is 0.254 e. The summed E-state index contributed by atoms with van der Waals surface area (Å²) in [5.74, 6) is -1.01. The first-order valence-electron chi connectivity index (χ1n) is 5.40. The largest absolute Gasteiger partial charge is 0.352 e. The van der Waals surface area contributed by atoms with Crippen molar-refractivity contribution in [2.24, 2.45) is 5.11 Å². The minimum atomic E-state index is -0.566. The van der Waals surface area contributed by atoms with Crippen molar-refractivity contribution in [1.29, 1.82) is 0 Å². The van der Waals surface area contributed by atoms with Crippen LogP contribution in [0.4, 0.5) is 4.39 Å². The first-order valence-corrected chi connectivity index (χ1v) is 6.19. The van der Waals surface area contributed by atoms with E-state index in [1.807, 2.05) is 0 Å². The van der Waals surface area contributed by atoms with Crippen LogP contribution < -0.4 is 5.32 Å². The zero-order chi connectivity index (χ0) is 13.4. The second-order valence-corrected chi connectivity index (χ2v) is 4.37. The average Bonchev–Trinajstić information content (AvgIpc) is 2.36. The van der Waals surface area contributed by atoms with Gasteiger partial charge >= 0.3 is 0 Å². The van der Waals surface area contributed by atoms with Gasteiger partial charge in [0.1, 0.15) is 5.82 Å². The number of amides is 1. The van der Waals surface area contributed by atoms with Crippen LogP contribution in [0.25, 0.3) is 10.4 Å². The highest BCUT2D eigenvalue weighted by atomic mass is 79.9. The van der Waals surface area contributed by atoms with E-state index in [2.05, 4.69) is 31.3 Å². The first kappa shape index (κ1) is 14.5. The fraction of sp³-hybridized carbons (Fsp3) is 0.364. The van der Waals surface area contributed by atoms with Crippen LogP contribution in [-0.2, 0) is 0 Å². The standard InChI is InChI=1S/C11H12BrFN4O/c12-9-5-3-4-8(10(9)13)11(18)15-6-1-2-7-16-17-14/h3-5H,1-2,6-7H2,(H,15,18). The Morgan fingerprint density at radius 2 is 2.28 bits per heavy atom. The number of benzene rings is 1. The van der Waals surface area contributed by atoms with Gasteiger partial charge in [0.15, 0.2) is 0 Å². The molecule has 1 N–H and O–H groups in total. The molecule has 0 atom stereocenters. The molecule has 0 heterocycles. The first-order chi connectivity index (χ1) is 8.66. The van der Waals surface area contributed by atoms with Crippen LogP contribution in [0.15, 0.2) is 27.8 Å². The van der Waals surface area contributed by atoms with Gasteiger partial charge in [-0.05, 0) is 46.4 Å². The number of rotatable bonds is 6. The van der Waals surface area contributed by atoms with Gasteiger partial charge in [0.2, 0.25) is 0 Å². The second kappa shape index (κ2) is 7.68. The lowest BCUT2D eigenvalue weighted by molar-refractivity contribution is 0.0949. The molecule has 0 unspecified atom stereocenters. The highest BCUT2D eigenvalue weighted by Gasteiger charge is 2.12. The molecule has 18 heavy (non-hydrogen) atoms. The SMILES string of the molecule is [N-]=[N+]=NCCCCNC(=O)c1cccc(Br)c1F. The maximum atomic E-state index is 13.6. The Hall–Kier alpha value is -1.59. The molecule has 0 bridgehead atoms. The minimum Gasteiger partial charge on any atom is -0.352 e. The molecule has 0 radical (unpaired) electrons. The topological polar surface area (TPSA) is 77.9 Å². The van der Waals surface area contributed by atoms with E-state index in [0.29, 0.717) is 25.9 Å². The van der Waals surface area contributed by atoms with Crippen molar-refractivity contribution in [3.05, 3.63) is 44.5 Å². The quantitative estimate of drug-likeness (QED) is 0.371. The third kappa shape index (κ3) is 4.35. The summed E-state index contributed by atoms with van der Waals surface area (Å²) in [6, 6.07) is 4.56. The van der Waals surface area contributed by atoms with E-state index in [4.69, 9.17) is 5.53 Å². The van der Waals surface area contributed by atoms with Crippen molar-refractivity contribution in [2.75, 3.05) is 13.1 Å². The third-order valence-electron chi connectivity index (χ3n) is 2.23. The molecule has 5 nitrogen and oxygen atoms in total. The molecule has 1 amide bonds. The van der Waals surface area contributed by atoms with Gasteiger partial charge in [0.25, 0.3) is 5.91 Å². The minimum absolute atomic E-state index is 0.0134. The van der Waals surface area contributed by atoms with Crippen LogP contribution in [0.3, 0.4) is 0 Å². The van der Waals surface area contributed by atoms with Gasteiger partial charge in [-0.25, -0.2) is 4.39 Å². The van der Waals surface area contributed by atoms with Gasteiger partial charge in [-0.3, -0.25) is 4.79 Å². The van der Waals surface area contributed by atoms with Crippen LogP contribution in [0.1, 0.15) is 23.2 Å². The molecule has 0 saturated carbocycles. The molecule has 0 saturated heterocycles. The van der Waals surface area contributed by atoms with Gasteiger partial charge in [-0.1, -0.05) is 11.2 Å². The molecular weight excluding hydrogens is 303 g/mol. The Morgan fingerprint density at radius 1 is 1.50 bits per heavy atom. The number of halogens is 2. The van der Waals surface area contributed by atoms with Crippen LogP contribution in [-0.4, -0.2) is 19.0 Å². The Balaban J connectivity index is 2.41. The number of carbonyl (C=O) groups is 1. The number of hydrogen-bond acceptors (Lipinski definition) is 2. The molecule has 96 valence electrons. The zero-order valence-electron chi connectivity index (χ0n) is 9.57. The molecule has 0 aliphatic carbocycles. The summed E-state index contributed by atoms with van der Waals surface area (Å²) >= 11 is 3.02. The van der Waals surface area contributed by atoms with Crippen molar-refractivity contribution in [1.82, 2.24) is 5.32 Å². The highest BCUT2D eigenvalue weighted by molar-refractivity contribution is 9.10. The molecule has 0 spiro atoms. The number of carbonyl (C=O) groups excluding carboxylic acids is 1. The Morgan fingerprint density at radius 3 is 3.00 bits per heavy atom. The Bertz CT molecular complexity index is 474. The number of nitrogens with one attached hydrogen (secondary N) is 1. The predicted octanol–water partition coefficient (Wildman–Crippen LogP) is 3.41. The van der Waals surface area contributed by atoms with Crippen molar-refractivity contribution in [3.8, 4) is 0 Å². The number of azide groups is 1. The maximum Gasteiger partial charge on any atom is 0.254 e.